The Morgan fingerprint density at radius 3 is 2.39 bits per heavy atom. The molecule has 1 aliphatic rings. The number of carbonyl (C=O) groups excluding carboxylic acids is 1. The Hall–Kier alpha value is -2.36. The van der Waals surface area contributed by atoms with E-state index in [2.05, 4.69) is 5.32 Å². The number of anilines is 1. The average molecular weight is 409 g/mol. The Balaban J connectivity index is 1.49. The van der Waals surface area contributed by atoms with Gasteiger partial charge in [-0.05, 0) is 30.3 Å². The van der Waals surface area contributed by atoms with Gasteiger partial charge in [-0.1, -0.05) is 18.2 Å². The summed E-state index contributed by atoms with van der Waals surface area (Å²) >= 11 is 0. The number of nitrogens with one attached hydrogen (secondary N) is 1. The average Bonchev–Trinajstić information content (AvgIpc) is 2.68. The van der Waals surface area contributed by atoms with Gasteiger partial charge in [0.05, 0.1) is 10.6 Å². The summed E-state index contributed by atoms with van der Waals surface area (Å²) in [4.78, 5) is 13.9. The molecule has 1 heterocycles. The summed E-state index contributed by atoms with van der Waals surface area (Å²) in [7, 11) is -3.74. The predicted molar refractivity (Wildman–Crippen MR) is 101 cm³/mol. The van der Waals surface area contributed by atoms with Crippen LogP contribution in [0, 0.1) is 11.6 Å². The molecule has 0 bridgehead atoms. The van der Waals surface area contributed by atoms with E-state index in [4.69, 9.17) is 0 Å². The molecule has 1 aliphatic heterocycles. The number of hydrogen-bond donors (Lipinski definition) is 1. The Morgan fingerprint density at radius 2 is 1.71 bits per heavy atom. The molecule has 0 aromatic heterocycles. The molecule has 2 aromatic carbocycles. The fourth-order valence-electron chi connectivity index (χ4n) is 3.00. The first-order valence-electron chi connectivity index (χ1n) is 8.89. The Morgan fingerprint density at radius 1 is 1.00 bits per heavy atom. The van der Waals surface area contributed by atoms with E-state index in [1.807, 2.05) is 4.90 Å². The van der Waals surface area contributed by atoms with Crippen molar-refractivity contribution in [2.75, 3.05) is 38.0 Å². The van der Waals surface area contributed by atoms with Crippen LogP contribution in [-0.2, 0) is 14.8 Å². The van der Waals surface area contributed by atoms with Crippen LogP contribution in [0.2, 0.25) is 0 Å². The molecule has 0 unspecified atom stereocenters. The smallest absolute Gasteiger partial charge is 0.243 e. The van der Waals surface area contributed by atoms with Crippen LogP contribution in [0.1, 0.15) is 6.42 Å². The number of sulfonamides is 1. The van der Waals surface area contributed by atoms with Crippen molar-refractivity contribution in [1.82, 2.24) is 9.21 Å². The quantitative estimate of drug-likeness (QED) is 0.795. The molecule has 0 spiro atoms. The third kappa shape index (κ3) is 4.92. The highest BCUT2D eigenvalue weighted by Gasteiger charge is 2.28. The Labute approximate surface area is 162 Å². The molecule has 0 radical (unpaired) electrons. The van der Waals surface area contributed by atoms with E-state index in [1.165, 1.54) is 34.6 Å². The van der Waals surface area contributed by atoms with Crippen LogP contribution in [0.5, 0.6) is 0 Å². The predicted octanol–water partition coefficient (Wildman–Crippen LogP) is 2.30. The lowest BCUT2D eigenvalue weighted by molar-refractivity contribution is -0.116. The maximum atomic E-state index is 13.6. The summed E-state index contributed by atoms with van der Waals surface area (Å²) in [5.41, 5.74) is 0.138. The summed E-state index contributed by atoms with van der Waals surface area (Å²) in [6, 6.07) is 10.9. The third-order valence-electron chi connectivity index (χ3n) is 4.57. The molecule has 28 heavy (non-hydrogen) atoms. The molecule has 0 saturated carbocycles. The summed E-state index contributed by atoms with van der Waals surface area (Å²) in [5, 5.41) is 2.53. The van der Waals surface area contributed by atoms with Crippen molar-refractivity contribution >= 4 is 21.6 Å². The van der Waals surface area contributed by atoms with Gasteiger partial charge in [-0.2, -0.15) is 4.31 Å². The van der Waals surface area contributed by atoms with Crippen molar-refractivity contribution in [2.24, 2.45) is 0 Å². The third-order valence-corrected chi connectivity index (χ3v) is 6.46. The standard InChI is InChI=1S/C19H21F2N3O3S/c20-15-4-3-5-16(14-15)28(26,27)24-12-10-23(11-13-24)9-8-19(25)22-18-7-2-1-6-17(18)21/h1-7,14H,8-13H2,(H,22,25). The lowest BCUT2D eigenvalue weighted by atomic mass is 10.2. The van der Waals surface area contributed by atoms with Gasteiger partial charge in [0.2, 0.25) is 15.9 Å². The van der Waals surface area contributed by atoms with Gasteiger partial charge in [0.15, 0.2) is 0 Å². The summed E-state index contributed by atoms with van der Waals surface area (Å²) in [5.74, 6) is -1.40. The number of para-hydroxylation sites is 1. The zero-order valence-corrected chi connectivity index (χ0v) is 16.0. The van der Waals surface area contributed by atoms with E-state index in [0.717, 1.165) is 6.07 Å². The highest BCUT2D eigenvalue weighted by molar-refractivity contribution is 7.89. The summed E-state index contributed by atoms with van der Waals surface area (Å²) in [6.07, 6.45) is 0.172. The minimum absolute atomic E-state index is 0.0646. The van der Waals surface area contributed by atoms with Crippen LogP contribution in [0.4, 0.5) is 14.5 Å². The Kier molecular flexibility index (Phi) is 6.38. The molecule has 2 aromatic rings. The second-order valence-electron chi connectivity index (χ2n) is 6.48. The SMILES string of the molecule is O=C(CCN1CCN(S(=O)(=O)c2cccc(F)c2)CC1)Nc1ccccc1F. The van der Waals surface area contributed by atoms with Crippen LogP contribution >= 0.6 is 0 Å². The number of hydrogen-bond acceptors (Lipinski definition) is 4. The molecule has 0 aliphatic carbocycles. The largest absolute Gasteiger partial charge is 0.324 e. The van der Waals surface area contributed by atoms with Gasteiger partial charge in [0.1, 0.15) is 11.6 Å². The molecule has 3 rings (SSSR count). The van der Waals surface area contributed by atoms with E-state index in [-0.39, 0.29) is 36.0 Å². The molecule has 1 fully saturated rings. The highest BCUT2D eigenvalue weighted by Crippen LogP contribution is 2.19. The first-order chi connectivity index (χ1) is 13.4. The van der Waals surface area contributed by atoms with Gasteiger partial charge in [0.25, 0.3) is 0 Å². The molecule has 1 amide bonds. The van der Waals surface area contributed by atoms with Crippen molar-refractivity contribution < 1.29 is 22.0 Å². The number of carbonyl (C=O) groups is 1. The van der Waals surface area contributed by atoms with Gasteiger partial charge < -0.3 is 10.2 Å². The number of amides is 1. The maximum absolute atomic E-state index is 13.6. The van der Waals surface area contributed by atoms with Crippen molar-refractivity contribution in [3.05, 3.63) is 60.2 Å². The van der Waals surface area contributed by atoms with Gasteiger partial charge >= 0.3 is 0 Å². The molecule has 9 heteroatoms. The molecule has 6 nitrogen and oxygen atoms in total. The van der Waals surface area contributed by atoms with E-state index in [1.54, 1.807) is 12.1 Å². The van der Waals surface area contributed by atoms with E-state index >= 15 is 0 Å². The Bertz CT molecular complexity index is 945. The summed E-state index contributed by atoms with van der Waals surface area (Å²) < 4.78 is 53.4. The van der Waals surface area contributed by atoms with Gasteiger partial charge in [-0.25, -0.2) is 17.2 Å². The number of piperazine rings is 1. The number of rotatable bonds is 6. The number of benzene rings is 2. The van der Waals surface area contributed by atoms with E-state index in [9.17, 15) is 22.0 Å². The van der Waals surface area contributed by atoms with Crippen LogP contribution in [0.15, 0.2) is 53.4 Å². The zero-order chi connectivity index (χ0) is 20.1. The van der Waals surface area contributed by atoms with Crippen molar-refractivity contribution in [3.63, 3.8) is 0 Å². The summed E-state index contributed by atoms with van der Waals surface area (Å²) in [6.45, 7) is 1.87. The fourth-order valence-corrected chi connectivity index (χ4v) is 4.46. The first kappa shape index (κ1) is 20.4. The number of halogens is 2. The van der Waals surface area contributed by atoms with Gasteiger partial charge in [-0.15, -0.1) is 0 Å². The van der Waals surface area contributed by atoms with E-state index < -0.39 is 21.7 Å². The monoisotopic (exact) mass is 409 g/mol. The van der Waals surface area contributed by atoms with Gasteiger partial charge in [-0.3, -0.25) is 4.79 Å². The van der Waals surface area contributed by atoms with Crippen LogP contribution in [0.3, 0.4) is 0 Å². The van der Waals surface area contributed by atoms with Crippen molar-refractivity contribution in [3.8, 4) is 0 Å². The lowest BCUT2D eigenvalue weighted by Crippen LogP contribution is -2.49. The van der Waals surface area contributed by atoms with E-state index in [0.29, 0.717) is 19.6 Å². The molecule has 1 N–H and O–H groups in total. The lowest BCUT2D eigenvalue weighted by Gasteiger charge is -2.33. The van der Waals surface area contributed by atoms with Crippen molar-refractivity contribution in [2.45, 2.75) is 11.3 Å². The maximum Gasteiger partial charge on any atom is 0.243 e. The number of nitrogens with zero attached hydrogens (tertiary/aromatic N) is 2. The zero-order valence-electron chi connectivity index (χ0n) is 15.1. The normalized spacial score (nSPS) is 16.1. The molecule has 150 valence electrons. The highest BCUT2D eigenvalue weighted by atomic mass is 32.2. The second kappa shape index (κ2) is 8.76. The molecule has 0 atom stereocenters. The minimum atomic E-state index is -3.74. The van der Waals surface area contributed by atoms with Crippen molar-refractivity contribution in [1.29, 1.82) is 0 Å². The first-order valence-corrected chi connectivity index (χ1v) is 10.3. The minimum Gasteiger partial charge on any atom is -0.324 e. The van der Waals surface area contributed by atoms with Crippen LogP contribution in [-0.4, -0.2) is 56.3 Å². The second-order valence-corrected chi connectivity index (χ2v) is 8.42. The molecular weight excluding hydrogens is 388 g/mol. The van der Waals surface area contributed by atoms with Gasteiger partial charge in [0, 0.05) is 39.1 Å². The fraction of sp³-hybridized carbons (Fsp3) is 0.316. The van der Waals surface area contributed by atoms with Crippen LogP contribution in [0.25, 0.3) is 0 Å². The molecular formula is C19H21F2N3O3S. The topological polar surface area (TPSA) is 69.7 Å². The molecule has 1 saturated heterocycles. The van der Waals surface area contributed by atoms with Crippen LogP contribution < -0.4 is 5.32 Å².